The van der Waals surface area contributed by atoms with Gasteiger partial charge in [0.1, 0.15) is 5.78 Å². The molecule has 1 saturated carbocycles. The third-order valence-corrected chi connectivity index (χ3v) is 7.30. The summed E-state index contributed by atoms with van der Waals surface area (Å²) < 4.78 is 75.2. The molecule has 3 aromatic rings. The quantitative estimate of drug-likeness (QED) is 0.531. The first-order valence-corrected chi connectivity index (χ1v) is 12.3. The van der Waals surface area contributed by atoms with Gasteiger partial charge >= 0.3 is 6.18 Å². The lowest BCUT2D eigenvalue weighted by Crippen LogP contribution is -2.22. The molecule has 2 N–H and O–H groups in total. The summed E-state index contributed by atoms with van der Waals surface area (Å²) in [5.74, 6) is 0.929. The fraction of sp³-hybridized carbons (Fsp3) is 0.240. The molecule has 10 heteroatoms. The maximum Gasteiger partial charge on any atom is 0.416 e. The second-order valence-electron chi connectivity index (χ2n) is 8.74. The minimum absolute atomic E-state index is 0.0966. The van der Waals surface area contributed by atoms with E-state index in [0.29, 0.717) is 24.3 Å². The monoisotopic (exact) mass is 503 g/mol. The Kier molecular flexibility index (Phi) is 5.41. The first kappa shape index (κ1) is 23.4. The molecule has 0 aromatic heterocycles. The number of ketones is 1. The zero-order valence-corrected chi connectivity index (χ0v) is 19.1. The zero-order chi connectivity index (χ0) is 25.0. The van der Waals surface area contributed by atoms with Gasteiger partial charge in [0.05, 0.1) is 15.9 Å². The number of hydrogen-bond acceptors (Lipinski definition) is 5. The number of hydrogen-bond donors (Lipinski definition) is 1. The molecule has 1 fully saturated rings. The van der Waals surface area contributed by atoms with Gasteiger partial charge in [0.25, 0.3) is 0 Å². The average Bonchev–Trinajstić information content (AvgIpc) is 3.49. The molecule has 1 aliphatic carbocycles. The fourth-order valence-corrected chi connectivity index (χ4v) is 4.94. The van der Waals surface area contributed by atoms with Crippen LogP contribution in [0.2, 0.25) is 0 Å². The van der Waals surface area contributed by atoms with Crippen molar-refractivity contribution in [3.63, 3.8) is 0 Å². The molecular weight excluding hydrogens is 483 g/mol. The van der Waals surface area contributed by atoms with Crippen LogP contribution in [-0.2, 0) is 32.8 Å². The summed E-state index contributed by atoms with van der Waals surface area (Å²) in [7, 11) is -4.04. The molecule has 3 aromatic carbocycles. The first-order chi connectivity index (χ1) is 16.5. The van der Waals surface area contributed by atoms with E-state index in [9.17, 15) is 26.4 Å². The van der Waals surface area contributed by atoms with Crippen LogP contribution in [0.25, 0.3) is 11.1 Å². The first-order valence-electron chi connectivity index (χ1n) is 10.7. The van der Waals surface area contributed by atoms with Crippen molar-refractivity contribution >= 4 is 15.8 Å². The standard InChI is InChI=1S/C25H20F3NO5S/c26-25(27,28)19-9-15(8-17(11-19)16-2-1-3-20(12-16)35(29,31)32)10-23(30)24(6-7-24)18-4-5-21-22(13-18)34-14-33-21/h1-5,8-9,11-13H,6-7,10,14H2,(H2,29,31,32). The average molecular weight is 503 g/mol. The summed E-state index contributed by atoms with van der Waals surface area (Å²) in [6.45, 7) is 0.0966. The van der Waals surface area contributed by atoms with Crippen molar-refractivity contribution in [1.29, 1.82) is 0 Å². The van der Waals surface area contributed by atoms with Gasteiger partial charge in [-0.25, -0.2) is 13.6 Å². The number of primary sulfonamides is 1. The van der Waals surface area contributed by atoms with Crippen LogP contribution in [0.3, 0.4) is 0 Å². The van der Waals surface area contributed by atoms with E-state index in [1.807, 2.05) is 0 Å². The van der Waals surface area contributed by atoms with Crippen LogP contribution in [0.15, 0.2) is 65.6 Å². The van der Waals surface area contributed by atoms with Crippen molar-refractivity contribution in [2.45, 2.75) is 35.7 Å². The molecule has 0 unspecified atom stereocenters. The van der Waals surface area contributed by atoms with E-state index in [0.717, 1.165) is 17.7 Å². The Labute approximate surface area is 199 Å². The van der Waals surface area contributed by atoms with Gasteiger partial charge in [0.2, 0.25) is 16.8 Å². The number of ether oxygens (including phenoxy) is 2. The van der Waals surface area contributed by atoms with E-state index in [2.05, 4.69) is 0 Å². The number of halogens is 3. The van der Waals surface area contributed by atoms with E-state index in [1.54, 1.807) is 18.2 Å². The molecule has 1 heterocycles. The summed E-state index contributed by atoms with van der Waals surface area (Å²) >= 11 is 0. The highest BCUT2D eigenvalue weighted by Crippen LogP contribution is 2.51. The molecule has 35 heavy (non-hydrogen) atoms. The minimum Gasteiger partial charge on any atom is -0.454 e. The lowest BCUT2D eigenvalue weighted by atomic mass is 9.87. The van der Waals surface area contributed by atoms with Crippen LogP contribution in [0.5, 0.6) is 11.5 Å². The van der Waals surface area contributed by atoms with Crippen molar-refractivity contribution in [3.05, 3.63) is 77.4 Å². The third kappa shape index (κ3) is 4.51. The molecule has 0 amide bonds. The summed E-state index contributed by atoms with van der Waals surface area (Å²) in [5.41, 5.74) is -0.378. The van der Waals surface area contributed by atoms with Crippen molar-refractivity contribution in [1.82, 2.24) is 0 Å². The van der Waals surface area contributed by atoms with Gasteiger partial charge in [0, 0.05) is 6.42 Å². The summed E-state index contributed by atoms with van der Waals surface area (Å²) in [5, 5.41) is 5.17. The van der Waals surface area contributed by atoms with Crippen LogP contribution >= 0.6 is 0 Å². The Hall–Kier alpha value is -3.37. The van der Waals surface area contributed by atoms with E-state index in [4.69, 9.17) is 14.6 Å². The maximum absolute atomic E-state index is 13.7. The van der Waals surface area contributed by atoms with Gasteiger partial charge in [-0.3, -0.25) is 4.79 Å². The lowest BCUT2D eigenvalue weighted by molar-refractivity contribution is -0.137. The molecule has 5 rings (SSSR count). The number of carbonyl (C=O) groups excluding carboxylic acids is 1. The molecule has 0 atom stereocenters. The highest BCUT2D eigenvalue weighted by molar-refractivity contribution is 7.89. The minimum atomic E-state index is -4.65. The molecule has 0 saturated heterocycles. The van der Waals surface area contributed by atoms with Gasteiger partial charge in [-0.15, -0.1) is 0 Å². The van der Waals surface area contributed by atoms with E-state index < -0.39 is 27.2 Å². The van der Waals surface area contributed by atoms with Crippen molar-refractivity contribution in [2.75, 3.05) is 6.79 Å². The van der Waals surface area contributed by atoms with Crippen molar-refractivity contribution in [2.24, 2.45) is 5.14 Å². The molecular formula is C25H20F3NO5S. The molecule has 2 aliphatic rings. The summed E-state index contributed by atoms with van der Waals surface area (Å²) in [4.78, 5) is 13.1. The largest absolute Gasteiger partial charge is 0.454 e. The number of rotatable bonds is 6. The number of sulfonamides is 1. The van der Waals surface area contributed by atoms with Crippen LogP contribution < -0.4 is 14.6 Å². The Morgan fingerprint density at radius 1 is 0.943 bits per heavy atom. The van der Waals surface area contributed by atoms with Crippen LogP contribution in [0.4, 0.5) is 13.2 Å². The lowest BCUT2D eigenvalue weighted by Gasteiger charge is -2.17. The number of Topliss-reactive ketones (excluding diaryl/α,β-unsaturated/α-hetero) is 1. The van der Waals surface area contributed by atoms with Crippen LogP contribution in [0, 0.1) is 0 Å². The van der Waals surface area contributed by atoms with Gasteiger partial charge in [-0.2, -0.15) is 13.2 Å². The Morgan fingerprint density at radius 3 is 2.37 bits per heavy atom. The zero-order valence-electron chi connectivity index (χ0n) is 18.3. The second-order valence-corrected chi connectivity index (χ2v) is 10.3. The summed E-state index contributed by atoms with van der Waals surface area (Å²) in [6, 6.07) is 14.0. The molecule has 0 spiro atoms. The van der Waals surface area contributed by atoms with Crippen LogP contribution in [-0.4, -0.2) is 21.0 Å². The maximum atomic E-state index is 13.7. The Balaban J connectivity index is 1.50. The number of carbonyl (C=O) groups is 1. The van der Waals surface area contributed by atoms with Crippen molar-refractivity contribution < 1.29 is 35.9 Å². The fourth-order valence-electron chi connectivity index (χ4n) is 4.38. The van der Waals surface area contributed by atoms with Crippen LogP contribution in [0.1, 0.15) is 29.5 Å². The highest BCUT2D eigenvalue weighted by Gasteiger charge is 2.51. The molecule has 1 aliphatic heterocycles. The predicted octanol–water partition coefficient (Wildman–Crippen LogP) is 4.59. The number of benzene rings is 3. The van der Waals surface area contributed by atoms with Gasteiger partial charge < -0.3 is 9.47 Å². The molecule has 6 nitrogen and oxygen atoms in total. The number of fused-ring (bicyclic) bond motifs is 1. The smallest absolute Gasteiger partial charge is 0.416 e. The number of nitrogens with two attached hydrogens (primary N) is 1. The highest BCUT2D eigenvalue weighted by atomic mass is 32.2. The Bertz CT molecular complexity index is 1450. The van der Waals surface area contributed by atoms with E-state index in [1.165, 1.54) is 30.3 Å². The van der Waals surface area contributed by atoms with Crippen molar-refractivity contribution in [3.8, 4) is 22.6 Å². The van der Waals surface area contributed by atoms with Gasteiger partial charge in [0.15, 0.2) is 11.5 Å². The van der Waals surface area contributed by atoms with Gasteiger partial charge in [-0.1, -0.05) is 24.3 Å². The molecule has 0 bridgehead atoms. The second kappa shape index (κ2) is 8.10. The topological polar surface area (TPSA) is 95.7 Å². The third-order valence-electron chi connectivity index (χ3n) is 6.39. The predicted molar refractivity (Wildman–Crippen MR) is 120 cm³/mol. The normalized spacial score (nSPS) is 16.2. The van der Waals surface area contributed by atoms with E-state index in [-0.39, 0.29) is 40.6 Å². The van der Waals surface area contributed by atoms with Gasteiger partial charge in [-0.05, 0) is 71.5 Å². The number of alkyl halides is 3. The Morgan fingerprint density at radius 2 is 1.69 bits per heavy atom. The molecule has 0 radical (unpaired) electrons. The molecule has 182 valence electrons. The summed E-state index contributed by atoms with van der Waals surface area (Å²) in [6.07, 6.45) is -3.68. The van der Waals surface area contributed by atoms with E-state index >= 15 is 0 Å². The SMILES string of the molecule is NS(=O)(=O)c1cccc(-c2cc(CC(=O)C3(c4ccc5c(c4)OCO5)CC3)cc(C(F)(F)F)c2)c1.